The van der Waals surface area contributed by atoms with Gasteiger partial charge in [-0.1, -0.05) is 20.4 Å². The summed E-state index contributed by atoms with van der Waals surface area (Å²) in [6.45, 7) is 9.40. The molecule has 0 saturated carbocycles. The van der Waals surface area contributed by atoms with Gasteiger partial charge in [-0.2, -0.15) is 0 Å². The van der Waals surface area contributed by atoms with E-state index in [2.05, 4.69) is 6.58 Å². The molecule has 0 aromatic carbocycles. The zero-order valence-corrected chi connectivity index (χ0v) is 17.2. The molecule has 0 fully saturated rings. The number of ether oxygens (including phenoxy) is 4. The lowest BCUT2D eigenvalue weighted by Gasteiger charge is -2.44. The van der Waals surface area contributed by atoms with Gasteiger partial charge in [-0.3, -0.25) is 9.59 Å². The number of carboxylic acid groups (broad SMARTS) is 2. The van der Waals surface area contributed by atoms with Crippen molar-refractivity contribution >= 4 is 23.9 Å². The van der Waals surface area contributed by atoms with Gasteiger partial charge in [-0.15, -0.1) is 0 Å². The minimum Gasteiger partial charge on any atom is -0.549 e. The summed E-state index contributed by atoms with van der Waals surface area (Å²) in [5.74, 6) is -9.36. The van der Waals surface area contributed by atoms with Gasteiger partial charge in [0.25, 0.3) is 0 Å². The van der Waals surface area contributed by atoms with Crippen molar-refractivity contribution < 1.29 is 48.3 Å². The van der Waals surface area contributed by atoms with E-state index in [0.717, 1.165) is 13.8 Å². The van der Waals surface area contributed by atoms with Crippen LogP contribution in [0.5, 0.6) is 0 Å². The first kappa shape index (κ1) is 26.5. The number of carbonyl (C=O) groups is 4. The second kappa shape index (κ2) is 12.9. The van der Waals surface area contributed by atoms with E-state index in [4.69, 9.17) is 18.9 Å². The molecule has 0 bridgehead atoms. The minimum absolute atomic E-state index is 0.0593. The van der Waals surface area contributed by atoms with E-state index in [0.29, 0.717) is 13.2 Å². The maximum absolute atomic E-state index is 12.4. The predicted octanol–water partition coefficient (Wildman–Crippen LogP) is -1.54. The van der Waals surface area contributed by atoms with Gasteiger partial charge in [0.15, 0.2) is 0 Å². The molecule has 10 nitrogen and oxygen atoms in total. The van der Waals surface area contributed by atoms with Crippen molar-refractivity contribution in [2.24, 2.45) is 17.3 Å². The normalized spacial score (nSPS) is 14.9. The molecule has 0 radical (unpaired) electrons. The molecule has 0 saturated heterocycles. The van der Waals surface area contributed by atoms with Crippen LogP contribution in [0, 0.1) is 17.3 Å². The number of rotatable bonds is 15. The molecular weight excluding hydrogens is 388 g/mol. The van der Waals surface area contributed by atoms with Gasteiger partial charge in [-0.05, 0) is 19.4 Å². The Labute approximate surface area is 169 Å². The first-order valence-corrected chi connectivity index (χ1v) is 9.19. The fourth-order valence-corrected chi connectivity index (χ4v) is 2.86. The average Bonchev–Trinajstić information content (AvgIpc) is 2.67. The molecule has 0 rings (SSSR count). The van der Waals surface area contributed by atoms with Gasteiger partial charge in [-0.25, -0.2) is 0 Å². The number of carboxylic acids is 2. The Morgan fingerprint density at radius 2 is 1.21 bits per heavy atom. The first-order valence-electron chi connectivity index (χ1n) is 9.19. The van der Waals surface area contributed by atoms with E-state index in [1.54, 1.807) is 13.8 Å². The fraction of sp³-hybridized carbons (Fsp3) is 0.684. The van der Waals surface area contributed by atoms with Crippen LogP contribution in [0.4, 0.5) is 0 Å². The molecule has 0 aliphatic carbocycles. The Kier molecular flexibility index (Phi) is 11.8. The monoisotopic (exact) mass is 416 g/mol. The number of carbonyl (C=O) groups excluding carboxylic acids is 4. The van der Waals surface area contributed by atoms with Crippen LogP contribution in [0.2, 0.25) is 0 Å². The molecule has 0 aromatic rings. The number of esters is 2. The van der Waals surface area contributed by atoms with E-state index >= 15 is 0 Å². The standard InChI is InChI=1S/C19H30O10/c1-6-26-8-10-28-16(22)13(4)19(18(24)25,12(3)15(20)21)14(5)17(23)29-11-9-27-7-2/h13-14H,3,6-11H2,1-2,4-5H3,(H,20,21)(H,24,25)/p-2. The van der Waals surface area contributed by atoms with E-state index in [9.17, 15) is 29.4 Å². The van der Waals surface area contributed by atoms with E-state index in [1.807, 2.05) is 0 Å². The zero-order valence-electron chi connectivity index (χ0n) is 17.2. The molecule has 0 N–H and O–H groups in total. The van der Waals surface area contributed by atoms with Crippen LogP contribution in [-0.4, -0.2) is 63.5 Å². The van der Waals surface area contributed by atoms with Crippen molar-refractivity contribution in [2.75, 3.05) is 39.6 Å². The first-order chi connectivity index (χ1) is 13.6. The van der Waals surface area contributed by atoms with E-state index in [-0.39, 0.29) is 26.4 Å². The third kappa shape index (κ3) is 6.82. The molecule has 0 heterocycles. The van der Waals surface area contributed by atoms with Gasteiger partial charge in [0.1, 0.15) is 13.2 Å². The van der Waals surface area contributed by atoms with Crippen molar-refractivity contribution in [1.82, 2.24) is 0 Å². The summed E-state index contributed by atoms with van der Waals surface area (Å²) in [5.41, 5.74) is -3.65. The molecule has 2 unspecified atom stereocenters. The molecule has 2 atom stereocenters. The molecular formula is C19H28O10-2. The largest absolute Gasteiger partial charge is 0.549 e. The molecule has 10 heteroatoms. The van der Waals surface area contributed by atoms with Crippen molar-refractivity contribution in [3.63, 3.8) is 0 Å². The van der Waals surface area contributed by atoms with Crippen LogP contribution in [0.1, 0.15) is 27.7 Å². The summed E-state index contributed by atoms with van der Waals surface area (Å²) in [4.78, 5) is 48.4. The van der Waals surface area contributed by atoms with Crippen LogP contribution in [0.15, 0.2) is 12.2 Å². The molecule has 29 heavy (non-hydrogen) atoms. The fourth-order valence-electron chi connectivity index (χ4n) is 2.86. The Bertz CT molecular complexity index is 568. The third-order valence-electron chi connectivity index (χ3n) is 4.51. The highest BCUT2D eigenvalue weighted by Gasteiger charge is 2.52. The lowest BCUT2D eigenvalue weighted by molar-refractivity contribution is -0.326. The second-order valence-corrected chi connectivity index (χ2v) is 6.09. The Hall–Kier alpha value is -2.46. The van der Waals surface area contributed by atoms with Crippen LogP contribution in [0.25, 0.3) is 0 Å². The van der Waals surface area contributed by atoms with Crippen molar-refractivity contribution in [3.8, 4) is 0 Å². The van der Waals surface area contributed by atoms with Gasteiger partial charge in [0.2, 0.25) is 0 Å². The topological polar surface area (TPSA) is 151 Å². The Morgan fingerprint density at radius 1 is 0.828 bits per heavy atom. The SMILES string of the molecule is C=C(C(=O)[O-])C(C(=O)[O-])(C(C)C(=O)OCCOCC)C(C)C(=O)OCCOCC. The predicted molar refractivity (Wildman–Crippen MR) is 94.8 cm³/mol. The van der Waals surface area contributed by atoms with Crippen LogP contribution in [-0.2, 0) is 38.1 Å². The van der Waals surface area contributed by atoms with Crippen LogP contribution < -0.4 is 10.2 Å². The molecule has 0 aliphatic rings. The quantitative estimate of drug-likeness (QED) is 0.174. The van der Waals surface area contributed by atoms with Crippen LogP contribution >= 0.6 is 0 Å². The van der Waals surface area contributed by atoms with E-state index < -0.39 is 46.7 Å². The van der Waals surface area contributed by atoms with Gasteiger partial charge < -0.3 is 38.7 Å². The van der Waals surface area contributed by atoms with Crippen LogP contribution in [0.3, 0.4) is 0 Å². The number of aliphatic carboxylic acids is 2. The summed E-state index contributed by atoms with van der Waals surface area (Å²) in [6, 6.07) is 0. The molecule has 166 valence electrons. The number of hydrogen-bond donors (Lipinski definition) is 0. The average molecular weight is 416 g/mol. The smallest absolute Gasteiger partial charge is 0.310 e. The van der Waals surface area contributed by atoms with Crippen molar-refractivity contribution in [3.05, 3.63) is 12.2 Å². The lowest BCUT2D eigenvalue weighted by atomic mass is 9.63. The molecule has 0 aromatic heterocycles. The molecule has 0 aliphatic heterocycles. The maximum atomic E-state index is 12.4. The zero-order chi connectivity index (χ0) is 22.6. The highest BCUT2D eigenvalue weighted by atomic mass is 16.6. The summed E-state index contributed by atoms with van der Waals surface area (Å²) >= 11 is 0. The Balaban J connectivity index is 5.78. The third-order valence-corrected chi connectivity index (χ3v) is 4.51. The second-order valence-electron chi connectivity index (χ2n) is 6.09. The highest BCUT2D eigenvalue weighted by Crippen LogP contribution is 2.43. The molecule has 0 amide bonds. The number of hydrogen-bond acceptors (Lipinski definition) is 10. The van der Waals surface area contributed by atoms with Gasteiger partial charge >= 0.3 is 11.9 Å². The van der Waals surface area contributed by atoms with Crippen molar-refractivity contribution in [1.29, 1.82) is 0 Å². The molecule has 0 spiro atoms. The lowest BCUT2D eigenvalue weighted by Crippen LogP contribution is -2.58. The summed E-state index contributed by atoms with van der Waals surface area (Å²) in [7, 11) is 0. The summed E-state index contributed by atoms with van der Waals surface area (Å²) in [6.07, 6.45) is 0. The van der Waals surface area contributed by atoms with Crippen molar-refractivity contribution in [2.45, 2.75) is 27.7 Å². The summed E-state index contributed by atoms with van der Waals surface area (Å²) in [5, 5.41) is 23.5. The van der Waals surface area contributed by atoms with E-state index in [1.165, 1.54) is 0 Å². The minimum atomic E-state index is -2.65. The van der Waals surface area contributed by atoms with Gasteiger partial charge in [0.05, 0.1) is 42.4 Å². The summed E-state index contributed by atoms with van der Waals surface area (Å²) < 4.78 is 19.9. The Morgan fingerprint density at radius 3 is 1.48 bits per heavy atom. The highest BCUT2D eigenvalue weighted by molar-refractivity contribution is 6.00. The maximum Gasteiger partial charge on any atom is 0.310 e. The van der Waals surface area contributed by atoms with Gasteiger partial charge in [0, 0.05) is 13.2 Å².